The molecular formula is C15H15N3O4. The van der Waals surface area contributed by atoms with Crippen LogP contribution in [0.2, 0.25) is 0 Å². The zero-order chi connectivity index (χ0) is 15.7. The van der Waals surface area contributed by atoms with E-state index in [1.165, 1.54) is 0 Å². The summed E-state index contributed by atoms with van der Waals surface area (Å²) in [5.74, 6) is -1.50. The molecule has 0 aliphatic carbocycles. The van der Waals surface area contributed by atoms with Crippen LogP contribution in [-0.4, -0.2) is 35.3 Å². The lowest BCUT2D eigenvalue weighted by atomic mass is 10.1. The van der Waals surface area contributed by atoms with E-state index in [2.05, 4.69) is 10.9 Å². The first-order valence-corrected chi connectivity index (χ1v) is 6.96. The summed E-state index contributed by atoms with van der Waals surface area (Å²) in [5.41, 5.74) is 6.22. The summed E-state index contributed by atoms with van der Waals surface area (Å²) >= 11 is 0. The maximum absolute atomic E-state index is 12.5. The molecule has 2 aliphatic heterocycles. The van der Waals surface area contributed by atoms with E-state index in [0.29, 0.717) is 0 Å². The van der Waals surface area contributed by atoms with Gasteiger partial charge >= 0.3 is 5.97 Å². The fourth-order valence-electron chi connectivity index (χ4n) is 2.53. The molecule has 0 radical (unpaired) electrons. The first-order chi connectivity index (χ1) is 10.6. The van der Waals surface area contributed by atoms with E-state index in [1.807, 2.05) is 30.3 Å². The average Bonchev–Trinajstić information content (AvgIpc) is 3.05. The highest BCUT2D eigenvalue weighted by Crippen LogP contribution is 2.27. The summed E-state index contributed by atoms with van der Waals surface area (Å²) < 4.78 is 4.89. The summed E-state index contributed by atoms with van der Waals surface area (Å²) in [4.78, 5) is 37.8. The molecule has 7 heteroatoms. The summed E-state index contributed by atoms with van der Waals surface area (Å²) in [6.45, 7) is 2.04. The van der Waals surface area contributed by atoms with Gasteiger partial charge in [0.25, 0.3) is 11.8 Å². The van der Waals surface area contributed by atoms with Crippen LogP contribution in [0, 0.1) is 0 Å². The Hall–Kier alpha value is -2.67. The third-order valence-corrected chi connectivity index (χ3v) is 3.55. The van der Waals surface area contributed by atoms with E-state index in [0.717, 1.165) is 10.5 Å². The lowest BCUT2D eigenvalue weighted by Gasteiger charge is -2.15. The maximum atomic E-state index is 12.5. The highest BCUT2D eigenvalue weighted by Gasteiger charge is 2.49. The van der Waals surface area contributed by atoms with Crippen molar-refractivity contribution < 1.29 is 19.1 Å². The van der Waals surface area contributed by atoms with Crippen LogP contribution in [0.3, 0.4) is 0 Å². The van der Waals surface area contributed by atoms with Gasteiger partial charge in [-0.3, -0.25) is 14.5 Å². The molecule has 0 spiro atoms. The number of likely N-dealkylation sites (tertiary alicyclic amines) is 1. The summed E-state index contributed by atoms with van der Waals surface area (Å²) in [6.07, 6.45) is 0. The number of ether oxygens (including phenoxy) is 1. The number of hydrogen-bond donors (Lipinski definition) is 2. The smallest absolute Gasteiger partial charge is 0.356 e. The standard InChI is InChI=1S/C15H15N3O4/c1-2-22-15(21)12-10-11(16-17-12)14(20)18(13(10)19)8-9-6-4-3-5-7-9/h3-7,11,16-17H,2,8H2,1H3/t11-/m1/s1. The van der Waals surface area contributed by atoms with Crippen molar-refractivity contribution in [3.8, 4) is 0 Å². The minimum Gasteiger partial charge on any atom is -0.461 e. The molecule has 22 heavy (non-hydrogen) atoms. The van der Waals surface area contributed by atoms with Crippen LogP contribution >= 0.6 is 0 Å². The molecule has 7 nitrogen and oxygen atoms in total. The number of esters is 1. The topological polar surface area (TPSA) is 87.7 Å². The molecule has 3 rings (SSSR count). The van der Waals surface area contributed by atoms with E-state index in [-0.39, 0.29) is 30.3 Å². The number of imide groups is 1. The third kappa shape index (κ3) is 2.25. The number of fused-ring (bicyclic) bond motifs is 1. The number of carbonyl (C=O) groups excluding carboxylic acids is 3. The van der Waals surface area contributed by atoms with Crippen LogP contribution in [0.25, 0.3) is 0 Å². The van der Waals surface area contributed by atoms with Crippen LogP contribution in [0.5, 0.6) is 0 Å². The number of carbonyl (C=O) groups is 3. The second kappa shape index (κ2) is 5.61. The monoisotopic (exact) mass is 301 g/mol. The fraction of sp³-hybridized carbons (Fsp3) is 0.267. The molecule has 0 unspecified atom stereocenters. The van der Waals surface area contributed by atoms with Crippen LogP contribution in [-0.2, 0) is 25.7 Å². The molecule has 1 aromatic carbocycles. The normalized spacial score (nSPS) is 20.2. The molecule has 1 fully saturated rings. The third-order valence-electron chi connectivity index (χ3n) is 3.55. The number of hydrogen-bond acceptors (Lipinski definition) is 6. The van der Waals surface area contributed by atoms with Gasteiger partial charge in [-0.05, 0) is 12.5 Å². The molecule has 1 saturated heterocycles. The van der Waals surface area contributed by atoms with Gasteiger partial charge in [0.05, 0.1) is 18.7 Å². The van der Waals surface area contributed by atoms with Crippen molar-refractivity contribution in [1.82, 2.24) is 15.8 Å². The Bertz CT molecular complexity index is 669. The number of rotatable bonds is 4. The Kier molecular flexibility index (Phi) is 3.64. The Balaban J connectivity index is 1.88. The Morgan fingerprint density at radius 2 is 2.00 bits per heavy atom. The molecule has 2 N–H and O–H groups in total. The van der Waals surface area contributed by atoms with Gasteiger partial charge in [0, 0.05) is 0 Å². The lowest BCUT2D eigenvalue weighted by Crippen LogP contribution is -2.42. The molecule has 0 aromatic heterocycles. The lowest BCUT2D eigenvalue weighted by molar-refractivity contribution is -0.141. The van der Waals surface area contributed by atoms with Crippen molar-refractivity contribution in [2.24, 2.45) is 0 Å². The van der Waals surface area contributed by atoms with E-state index >= 15 is 0 Å². The zero-order valence-corrected chi connectivity index (χ0v) is 12.0. The Morgan fingerprint density at radius 1 is 1.27 bits per heavy atom. The summed E-state index contributed by atoms with van der Waals surface area (Å²) in [6, 6.07) is 8.37. The highest BCUT2D eigenvalue weighted by molar-refractivity contribution is 6.20. The van der Waals surface area contributed by atoms with E-state index in [9.17, 15) is 14.4 Å². The predicted molar refractivity (Wildman–Crippen MR) is 75.7 cm³/mol. The molecular weight excluding hydrogens is 286 g/mol. The van der Waals surface area contributed by atoms with Gasteiger partial charge in [-0.2, -0.15) is 0 Å². The second-order valence-electron chi connectivity index (χ2n) is 4.93. The maximum Gasteiger partial charge on any atom is 0.356 e. The number of amides is 2. The van der Waals surface area contributed by atoms with Crippen LogP contribution in [0.4, 0.5) is 0 Å². The molecule has 114 valence electrons. The molecule has 0 saturated carbocycles. The van der Waals surface area contributed by atoms with Crippen molar-refractivity contribution in [3.05, 3.63) is 47.2 Å². The minimum atomic E-state index is -0.837. The van der Waals surface area contributed by atoms with E-state index in [4.69, 9.17) is 4.74 Å². The quantitative estimate of drug-likeness (QED) is 0.594. The molecule has 2 aliphatic rings. The van der Waals surface area contributed by atoms with Gasteiger partial charge in [-0.25, -0.2) is 10.2 Å². The molecule has 2 heterocycles. The number of benzene rings is 1. The van der Waals surface area contributed by atoms with Crippen molar-refractivity contribution >= 4 is 17.8 Å². The predicted octanol–water partition coefficient (Wildman–Crippen LogP) is -0.151. The summed E-state index contributed by atoms with van der Waals surface area (Å²) in [5, 5.41) is 0. The van der Waals surface area contributed by atoms with Gasteiger partial charge < -0.3 is 10.2 Å². The van der Waals surface area contributed by atoms with Crippen LogP contribution < -0.4 is 10.9 Å². The SMILES string of the molecule is CCOC(=O)C1=C2C(=O)N(Cc3ccccc3)C(=O)[C@@H]2NN1. The first kappa shape index (κ1) is 14.3. The number of nitrogens with zero attached hydrogens (tertiary/aromatic N) is 1. The summed E-state index contributed by atoms with van der Waals surface area (Å²) in [7, 11) is 0. The second-order valence-corrected chi connectivity index (χ2v) is 4.93. The molecule has 0 bridgehead atoms. The van der Waals surface area contributed by atoms with Gasteiger partial charge in [0.15, 0.2) is 0 Å². The van der Waals surface area contributed by atoms with Crippen molar-refractivity contribution in [2.75, 3.05) is 6.61 Å². The molecule has 1 aromatic rings. The minimum absolute atomic E-state index is 0.0146. The van der Waals surface area contributed by atoms with Crippen molar-refractivity contribution in [1.29, 1.82) is 0 Å². The van der Waals surface area contributed by atoms with E-state index in [1.54, 1.807) is 6.92 Å². The Morgan fingerprint density at radius 3 is 2.68 bits per heavy atom. The van der Waals surface area contributed by atoms with Crippen LogP contribution in [0.1, 0.15) is 12.5 Å². The Labute approximate surface area is 126 Å². The zero-order valence-electron chi connectivity index (χ0n) is 12.0. The number of nitrogens with one attached hydrogen (secondary N) is 2. The van der Waals surface area contributed by atoms with Crippen molar-refractivity contribution in [3.63, 3.8) is 0 Å². The average molecular weight is 301 g/mol. The fourth-order valence-corrected chi connectivity index (χ4v) is 2.53. The van der Waals surface area contributed by atoms with Gasteiger partial charge in [-0.15, -0.1) is 0 Å². The van der Waals surface area contributed by atoms with Gasteiger partial charge in [0.1, 0.15) is 11.7 Å². The highest BCUT2D eigenvalue weighted by atomic mass is 16.5. The van der Waals surface area contributed by atoms with Crippen LogP contribution in [0.15, 0.2) is 41.6 Å². The van der Waals surface area contributed by atoms with Gasteiger partial charge in [-0.1, -0.05) is 30.3 Å². The molecule has 1 atom stereocenters. The first-order valence-electron chi connectivity index (χ1n) is 6.96. The number of hydrazine groups is 1. The molecule has 2 amide bonds. The van der Waals surface area contributed by atoms with Crippen molar-refractivity contribution in [2.45, 2.75) is 19.5 Å². The largest absolute Gasteiger partial charge is 0.461 e. The van der Waals surface area contributed by atoms with Gasteiger partial charge in [0.2, 0.25) is 0 Å². The van der Waals surface area contributed by atoms with E-state index < -0.39 is 17.9 Å².